The third-order valence-corrected chi connectivity index (χ3v) is 26.4. The van der Waals surface area contributed by atoms with E-state index in [1.807, 2.05) is 12.1 Å². The van der Waals surface area contributed by atoms with E-state index in [-0.39, 0.29) is 0 Å². The van der Waals surface area contributed by atoms with Crippen molar-refractivity contribution >= 4 is 107 Å². The molecule has 0 unspecified atom stereocenters. The topological polar surface area (TPSA) is 25.6 Å². The Balaban J connectivity index is 0.867. The molecule has 3 nitrogen and oxygen atoms in total. The number of para-hydroxylation sites is 2. The molecule has 0 radical (unpaired) electrons. The monoisotopic (exact) mass is 989 g/mol. The van der Waals surface area contributed by atoms with Gasteiger partial charge in [0.1, 0.15) is 22.7 Å². The fourth-order valence-electron chi connectivity index (χ4n) is 12.9. The van der Waals surface area contributed by atoms with E-state index in [0.717, 1.165) is 61.6 Å². The fourth-order valence-corrected chi connectivity index (χ4v) is 25.2. The number of fused-ring (bicyclic) bond motifs is 12. The van der Waals surface area contributed by atoms with Crippen molar-refractivity contribution in [3.63, 3.8) is 0 Å². The lowest BCUT2D eigenvalue weighted by molar-refractivity contribution is 0.487. The average Bonchev–Trinajstić information content (AvgIpc) is 3.89. The zero-order valence-electron chi connectivity index (χ0n) is 40.9. The summed E-state index contributed by atoms with van der Waals surface area (Å²) in [6.45, 7) is 0. The van der Waals surface area contributed by atoms with E-state index < -0.39 is 16.1 Å². The summed E-state index contributed by atoms with van der Waals surface area (Å²) in [5.41, 5.74) is 9.47. The van der Waals surface area contributed by atoms with Gasteiger partial charge in [-0.25, -0.2) is 0 Å². The van der Waals surface area contributed by atoms with Crippen molar-refractivity contribution in [2.75, 3.05) is 4.90 Å². The van der Waals surface area contributed by atoms with E-state index >= 15 is 0 Å². The molecule has 0 aliphatic carbocycles. The summed E-state index contributed by atoms with van der Waals surface area (Å²) in [6, 6.07) is 105. The second-order valence-corrected chi connectivity index (χ2v) is 27.3. The summed E-state index contributed by atoms with van der Waals surface area (Å²) in [4.78, 5) is 2.33. The number of anilines is 3. The minimum Gasteiger partial charge on any atom is -0.458 e. The zero-order chi connectivity index (χ0) is 49.5. The number of rotatable bonds is 7. The average molecular weight is 990 g/mol. The van der Waals surface area contributed by atoms with Gasteiger partial charge in [0.25, 0.3) is 0 Å². The van der Waals surface area contributed by atoms with E-state index in [1.54, 1.807) is 0 Å². The summed E-state index contributed by atoms with van der Waals surface area (Å²) < 4.78 is 13.6. The van der Waals surface area contributed by atoms with Crippen molar-refractivity contribution in [3.05, 3.63) is 285 Å². The van der Waals surface area contributed by atoms with Crippen LogP contribution in [0.4, 0.5) is 17.1 Å². The molecule has 0 saturated heterocycles. The minimum absolute atomic E-state index is 0.857. The van der Waals surface area contributed by atoms with Crippen molar-refractivity contribution in [2.45, 2.75) is 0 Å². The minimum atomic E-state index is -3.00. The molecule has 15 rings (SSSR count). The molecule has 5 heteroatoms. The largest absolute Gasteiger partial charge is 0.458 e. The second-order valence-electron chi connectivity index (χ2n) is 19.9. The van der Waals surface area contributed by atoms with Crippen LogP contribution >= 0.6 is 0 Å². The highest BCUT2D eigenvalue weighted by molar-refractivity contribution is 7.33. The van der Waals surface area contributed by atoms with Crippen LogP contribution in [0.25, 0.3) is 55.0 Å². The van der Waals surface area contributed by atoms with E-state index in [1.165, 1.54) is 63.4 Å². The van der Waals surface area contributed by atoms with Gasteiger partial charge < -0.3 is 14.1 Å². The van der Waals surface area contributed by atoms with Gasteiger partial charge in [-0.05, 0) is 129 Å². The van der Waals surface area contributed by atoms with Crippen LogP contribution in [0.5, 0.6) is 11.5 Å². The molecule has 1 spiro atoms. The molecule has 0 N–H and O–H groups in total. The Morgan fingerprint density at radius 3 is 1.45 bits per heavy atom. The number of nitrogens with zero attached hydrogens (tertiary/aromatic N) is 1. The van der Waals surface area contributed by atoms with Crippen LogP contribution in [-0.2, 0) is 0 Å². The SMILES string of the molecule is c1ccc([Si]2(c3ccccc3)c3ccccc3[Si]3(c4ccccc4Oc4cc(-c5ccc(N(c6ccc(-c7cccc8ccccc78)cc6)c6ccc7c(c6)oc6ccccc67)cc5)ccc43)c3ccccc32)cc1. The summed E-state index contributed by atoms with van der Waals surface area (Å²) >= 11 is 0. The van der Waals surface area contributed by atoms with E-state index in [0.29, 0.717) is 0 Å². The van der Waals surface area contributed by atoms with Crippen LogP contribution in [-0.4, -0.2) is 16.1 Å². The molecule has 2 aliphatic heterocycles. The molecule has 0 saturated carbocycles. The molecule has 352 valence electrons. The van der Waals surface area contributed by atoms with Crippen LogP contribution < -0.4 is 51.1 Å². The Morgan fingerprint density at radius 1 is 0.280 bits per heavy atom. The molecular formula is C70H47NO2Si2. The first-order valence-corrected chi connectivity index (χ1v) is 29.8. The number of furan rings is 1. The Morgan fingerprint density at radius 2 is 0.773 bits per heavy atom. The molecule has 75 heavy (non-hydrogen) atoms. The lowest BCUT2D eigenvalue weighted by atomic mass is 9.98. The van der Waals surface area contributed by atoms with Gasteiger partial charge in [0.2, 0.25) is 0 Å². The first-order chi connectivity index (χ1) is 37.2. The smallest absolute Gasteiger partial charge is 0.188 e. The van der Waals surface area contributed by atoms with Crippen molar-refractivity contribution in [2.24, 2.45) is 0 Å². The standard InChI is InChI=1S/C70H47NO2Si2/c1-3-20-55(21-4-1)74(56-22-5-2-6-23-56)67-30-13-15-32-69(67)75(70-33-16-14-31-68(70)74)65-29-12-11-28-62(65)73-64-46-51(38-45-66(64)75)48-34-39-52(40-35-48)71(54-43-44-60-59-25-9-10-27-61(59)72-63(60)47-54)53-41-36-50(37-42-53)58-26-17-19-49-18-7-8-24-57(49)58/h1-47H. The summed E-state index contributed by atoms with van der Waals surface area (Å²) in [5.74, 6) is 1.86. The summed E-state index contributed by atoms with van der Waals surface area (Å²) in [7, 11) is -5.83. The molecular weight excluding hydrogens is 943 g/mol. The maximum Gasteiger partial charge on any atom is 0.188 e. The first kappa shape index (κ1) is 43.3. The lowest BCUT2D eigenvalue weighted by Gasteiger charge is -2.50. The second kappa shape index (κ2) is 17.2. The third-order valence-electron chi connectivity index (χ3n) is 16.1. The van der Waals surface area contributed by atoms with Gasteiger partial charge in [0.05, 0.1) is 0 Å². The van der Waals surface area contributed by atoms with Crippen LogP contribution in [0, 0.1) is 0 Å². The lowest BCUT2D eigenvalue weighted by Crippen LogP contribution is -2.93. The third kappa shape index (κ3) is 6.52. The predicted octanol–water partition coefficient (Wildman–Crippen LogP) is 12.7. The Hall–Kier alpha value is -9.27. The van der Waals surface area contributed by atoms with Crippen molar-refractivity contribution < 1.29 is 9.15 Å². The number of hydrogen-bond donors (Lipinski definition) is 0. The Bertz CT molecular complexity index is 4240. The maximum absolute atomic E-state index is 7.15. The molecule has 0 bridgehead atoms. The van der Waals surface area contributed by atoms with E-state index in [9.17, 15) is 0 Å². The van der Waals surface area contributed by atoms with Gasteiger partial charge in [-0.1, -0.05) is 224 Å². The van der Waals surface area contributed by atoms with Gasteiger partial charge in [-0.3, -0.25) is 0 Å². The normalized spacial score (nSPS) is 13.7. The molecule has 0 atom stereocenters. The highest BCUT2D eigenvalue weighted by atomic mass is 28.3. The quantitative estimate of drug-likeness (QED) is 0.149. The molecule has 1 aromatic heterocycles. The van der Waals surface area contributed by atoms with Crippen LogP contribution in [0.2, 0.25) is 0 Å². The van der Waals surface area contributed by atoms with Gasteiger partial charge in [0, 0.05) is 33.9 Å². The van der Waals surface area contributed by atoms with E-state index in [4.69, 9.17) is 9.15 Å². The van der Waals surface area contributed by atoms with E-state index in [2.05, 4.69) is 278 Å². The van der Waals surface area contributed by atoms with Crippen molar-refractivity contribution in [1.29, 1.82) is 0 Å². The number of benzene rings is 12. The van der Waals surface area contributed by atoms with Gasteiger partial charge >= 0.3 is 0 Å². The molecule has 2 aliphatic rings. The Kier molecular flexibility index (Phi) is 9.92. The maximum atomic E-state index is 7.15. The highest BCUT2D eigenvalue weighted by Crippen LogP contribution is 2.41. The molecule has 0 amide bonds. The number of hydrogen-bond acceptors (Lipinski definition) is 3. The fraction of sp³-hybridized carbons (Fsp3) is 0. The van der Waals surface area contributed by atoms with Crippen molar-refractivity contribution in [3.8, 4) is 33.8 Å². The first-order valence-electron chi connectivity index (χ1n) is 25.8. The molecule has 3 heterocycles. The predicted molar refractivity (Wildman–Crippen MR) is 318 cm³/mol. The van der Waals surface area contributed by atoms with Gasteiger partial charge in [-0.2, -0.15) is 0 Å². The molecule has 12 aromatic carbocycles. The molecule has 0 fully saturated rings. The van der Waals surface area contributed by atoms with Gasteiger partial charge in [0.15, 0.2) is 16.1 Å². The van der Waals surface area contributed by atoms with Crippen LogP contribution in [0.15, 0.2) is 290 Å². The summed E-state index contributed by atoms with van der Waals surface area (Å²) in [6.07, 6.45) is 0. The highest BCUT2D eigenvalue weighted by Gasteiger charge is 2.59. The zero-order valence-corrected chi connectivity index (χ0v) is 42.9. The van der Waals surface area contributed by atoms with Crippen LogP contribution in [0.1, 0.15) is 0 Å². The molecule has 13 aromatic rings. The van der Waals surface area contributed by atoms with Gasteiger partial charge in [-0.15, -0.1) is 0 Å². The summed E-state index contributed by atoms with van der Waals surface area (Å²) in [5, 5.41) is 15.9. The Labute approximate surface area is 437 Å². The number of ether oxygens (including phenoxy) is 1. The van der Waals surface area contributed by atoms with Crippen LogP contribution in [0.3, 0.4) is 0 Å². The van der Waals surface area contributed by atoms with Crippen molar-refractivity contribution in [1.82, 2.24) is 0 Å².